The fourth-order valence-corrected chi connectivity index (χ4v) is 4.85. The second-order valence-electron chi connectivity index (χ2n) is 3.41. The van der Waals surface area contributed by atoms with E-state index >= 15 is 0 Å². The Balaban J connectivity index is 1.95. The molecule has 0 saturated carbocycles. The van der Waals surface area contributed by atoms with Gasteiger partial charge in [-0.1, -0.05) is 12.1 Å². The van der Waals surface area contributed by atoms with Crippen molar-refractivity contribution in [2.45, 2.75) is 15.5 Å². The Kier molecular flexibility index (Phi) is 2.71. The summed E-state index contributed by atoms with van der Waals surface area (Å²) in [4.78, 5) is 5.96. The van der Waals surface area contributed by atoms with Crippen LogP contribution in [-0.4, -0.2) is 4.98 Å². The molecule has 0 atom stereocenters. The van der Waals surface area contributed by atoms with E-state index in [-0.39, 0.29) is 0 Å². The predicted molar refractivity (Wildman–Crippen MR) is 72.8 cm³/mol. The van der Waals surface area contributed by atoms with Crippen LogP contribution in [0.4, 0.5) is 0 Å². The lowest BCUT2D eigenvalue weighted by atomic mass is 10.3. The van der Waals surface area contributed by atoms with Crippen molar-refractivity contribution in [1.82, 2.24) is 4.98 Å². The van der Waals surface area contributed by atoms with Crippen molar-refractivity contribution in [3.63, 3.8) is 0 Å². The van der Waals surface area contributed by atoms with Gasteiger partial charge in [0.15, 0.2) is 4.34 Å². The van der Waals surface area contributed by atoms with Crippen LogP contribution in [0.15, 0.2) is 44.9 Å². The highest BCUT2D eigenvalue weighted by molar-refractivity contribution is 8.02. The third-order valence-electron chi connectivity index (χ3n) is 2.18. The number of thiazole rings is 1. The van der Waals surface area contributed by atoms with Crippen molar-refractivity contribution in [3.05, 3.63) is 41.3 Å². The molecule has 1 nitrogen and oxygen atoms in total. The van der Waals surface area contributed by atoms with Gasteiger partial charge in [0, 0.05) is 4.88 Å². The van der Waals surface area contributed by atoms with Gasteiger partial charge in [0.1, 0.15) is 0 Å². The van der Waals surface area contributed by atoms with Gasteiger partial charge < -0.3 is 0 Å². The van der Waals surface area contributed by atoms with Crippen LogP contribution in [0.3, 0.4) is 0 Å². The van der Waals surface area contributed by atoms with Gasteiger partial charge in [-0.3, -0.25) is 0 Å². The molecule has 1 aromatic carbocycles. The average Bonchev–Trinajstić information content (AvgIpc) is 2.84. The molecule has 2 heterocycles. The van der Waals surface area contributed by atoms with Gasteiger partial charge in [-0.15, -0.1) is 22.7 Å². The van der Waals surface area contributed by atoms with Crippen LogP contribution in [0.1, 0.15) is 4.88 Å². The molecule has 0 aliphatic carbocycles. The number of benzene rings is 1. The first-order chi connectivity index (χ1) is 7.81. The van der Waals surface area contributed by atoms with Crippen LogP contribution >= 0.6 is 34.4 Å². The van der Waals surface area contributed by atoms with Crippen molar-refractivity contribution >= 4 is 44.7 Å². The lowest BCUT2D eigenvalue weighted by Gasteiger charge is -1.89. The van der Waals surface area contributed by atoms with Gasteiger partial charge >= 0.3 is 0 Å². The first-order valence-corrected chi connectivity index (χ1v) is 7.36. The first-order valence-electron chi connectivity index (χ1n) is 4.91. The Labute approximate surface area is 106 Å². The molecule has 0 bridgehead atoms. The number of hydrogen-bond acceptors (Lipinski definition) is 4. The Hall–Kier alpha value is -0.840. The van der Waals surface area contributed by atoms with Gasteiger partial charge in [-0.25, -0.2) is 4.98 Å². The average molecular weight is 263 g/mol. The van der Waals surface area contributed by atoms with E-state index in [4.69, 9.17) is 0 Å². The molecule has 0 unspecified atom stereocenters. The summed E-state index contributed by atoms with van der Waals surface area (Å²) >= 11 is 5.34. The Morgan fingerprint density at radius 2 is 1.94 bits per heavy atom. The number of nitrogens with zero attached hydrogens (tertiary/aromatic N) is 1. The SMILES string of the molecule is Cc1ccc(Sc2nc3ccccc3s2)s1. The van der Waals surface area contributed by atoms with Crippen LogP contribution in [0.25, 0.3) is 10.2 Å². The topological polar surface area (TPSA) is 12.9 Å². The van der Waals surface area contributed by atoms with Crippen molar-refractivity contribution in [2.24, 2.45) is 0 Å². The zero-order valence-corrected chi connectivity index (χ0v) is 11.1. The van der Waals surface area contributed by atoms with E-state index in [0.29, 0.717) is 0 Å². The highest BCUT2D eigenvalue weighted by Gasteiger charge is 2.06. The summed E-state index contributed by atoms with van der Waals surface area (Å²) in [6, 6.07) is 12.6. The molecule has 0 saturated heterocycles. The number of hydrogen-bond donors (Lipinski definition) is 0. The molecule has 0 spiro atoms. The maximum atomic E-state index is 4.61. The van der Waals surface area contributed by atoms with E-state index in [1.54, 1.807) is 23.1 Å². The minimum Gasteiger partial charge on any atom is -0.229 e. The molecule has 3 rings (SSSR count). The van der Waals surface area contributed by atoms with Gasteiger partial charge in [0.2, 0.25) is 0 Å². The molecule has 0 fully saturated rings. The Morgan fingerprint density at radius 3 is 2.69 bits per heavy atom. The van der Waals surface area contributed by atoms with E-state index in [1.807, 2.05) is 17.4 Å². The molecule has 0 amide bonds. The van der Waals surface area contributed by atoms with Crippen LogP contribution in [-0.2, 0) is 0 Å². The number of thiophene rings is 1. The second-order valence-corrected chi connectivity index (χ2v) is 7.28. The highest BCUT2D eigenvalue weighted by atomic mass is 32.2. The Morgan fingerprint density at radius 1 is 1.06 bits per heavy atom. The zero-order valence-electron chi connectivity index (χ0n) is 8.64. The first kappa shape index (κ1) is 10.3. The Bertz CT molecular complexity index is 591. The minimum absolute atomic E-state index is 1.10. The normalized spacial score (nSPS) is 11.1. The monoisotopic (exact) mass is 263 g/mol. The molecule has 0 aliphatic heterocycles. The van der Waals surface area contributed by atoms with Crippen molar-refractivity contribution in [3.8, 4) is 0 Å². The van der Waals surface area contributed by atoms with Crippen LogP contribution < -0.4 is 0 Å². The van der Waals surface area contributed by atoms with E-state index in [0.717, 1.165) is 9.86 Å². The summed E-state index contributed by atoms with van der Waals surface area (Å²) in [6.07, 6.45) is 0. The fraction of sp³-hybridized carbons (Fsp3) is 0.0833. The second kappa shape index (κ2) is 4.20. The molecule has 80 valence electrons. The summed E-state index contributed by atoms with van der Waals surface area (Å²) in [7, 11) is 0. The number of fused-ring (bicyclic) bond motifs is 1. The lowest BCUT2D eigenvalue weighted by molar-refractivity contribution is 1.30. The molecular weight excluding hydrogens is 254 g/mol. The minimum atomic E-state index is 1.10. The van der Waals surface area contributed by atoms with Crippen molar-refractivity contribution < 1.29 is 0 Å². The molecule has 0 radical (unpaired) electrons. The van der Waals surface area contributed by atoms with E-state index < -0.39 is 0 Å². The number of aromatic nitrogens is 1. The number of para-hydroxylation sites is 1. The maximum Gasteiger partial charge on any atom is 0.156 e. The van der Waals surface area contributed by atoms with E-state index in [9.17, 15) is 0 Å². The largest absolute Gasteiger partial charge is 0.229 e. The molecule has 4 heteroatoms. The van der Waals surface area contributed by atoms with Crippen LogP contribution in [0, 0.1) is 6.92 Å². The molecule has 16 heavy (non-hydrogen) atoms. The van der Waals surface area contributed by atoms with Gasteiger partial charge in [0.25, 0.3) is 0 Å². The predicted octanol–water partition coefficient (Wildman–Crippen LogP) is 4.82. The fourth-order valence-electron chi connectivity index (χ4n) is 1.45. The molecular formula is C12H9NS3. The number of rotatable bonds is 2. The molecule has 2 aromatic heterocycles. The quantitative estimate of drug-likeness (QED) is 0.657. The summed E-state index contributed by atoms with van der Waals surface area (Å²) < 4.78 is 3.71. The smallest absolute Gasteiger partial charge is 0.156 e. The lowest BCUT2D eigenvalue weighted by Crippen LogP contribution is -1.66. The van der Waals surface area contributed by atoms with Gasteiger partial charge in [-0.05, 0) is 43.0 Å². The zero-order chi connectivity index (χ0) is 11.0. The maximum absolute atomic E-state index is 4.61. The third kappa shape index (κ3) is 2.00. The van der Waals surface area contributed by atoms with E-state index in [1.165, 1.54) is 13.8 Å². The van der Waals surface area contributed by atoms with Crippen LogP contribution in [0.2, 0.25) is 0 Å². The molecule has 0 aliphatic rings. The van der Waals surface area contributed by atoms with Gasteiger partial charge in [0.05, 0.1) is 14.4 Å². The number of aryl methyl sites for hydroxylation is 1. The van der Waals surface area contributed by atoms with E-state index in [2.05, 4.69) is 42.2 Å². The third-order valence-corrected chi connectivity index (χ3v) is 5.41. The summed E-state index contributed by atoms with van der Waals surface area (Å²) in [6.45, 7) is 2.13. The summed E-state index contributed by atoms with van der Waals surface area (Å²) in [5.41, 5.74) is 1.10. The van der Waals surface area contributed by atoms with Crippen molar-refractivity contribution in [1.29, 1.82) is 0 Å². The van der Waals surface area contributed by atoms with Gasteiger partial charge in [-0.2, -0.15) is 0 Å². The summed E-state index contributed by atoms with van der Waals surface area (Å²) in [5, 5.41) is 0. The molecule has 3 aromatic rings. The highest BCUT2D eigenvalue weighted by Crippen LogP contribution is 2.37. The van der Waals surface area contributed by atoms with Crippen LogP contribution in [0.5, 0.6) is 0 Å². The standard InChI is InChI=1S/C12H9NS3/c1-8-6-7-11(14-8)16-12-13-9-4-2-3-5-10(9)15-12/h2-7H,1H3. The summed E-state index contributed by atoms with van der Waals surface area (Å²) in [5.74, 6) is 0. The molecule has 0 N–H and O–H groups in total. The van der Waals surface area contributed by atoms with Crippen molar-refractivity contribution in [2.75, 3.05) is 0 Å².